The molecule has 2 aliphatic heterocycles. The number of benzene rings is 1. The maximum Gasteiger partial charge on any atom is 0.191 e. The molecule has 1 unspecified atom stereocenters. The second-order valence-corrected chi connectivity index (χ2v) is 7.20. The summed E-state index contributed by atoms with van der Waals surface area (Å²) in [5, 5.41) is 7.07. The highest BCUT2D eigenvalue weighted by atomic mass is 16.5. The Labute approximate surface area is 157 Å². The molecule has 1 aromatic rings. The van der Waals surface area contributed by atoms with Crippen LogP contribution in [0, 0.1) is 6.92 Å². The van der Waals surface area contributed by atoms with Crippen molar-refractivity contribution in [3.8, 4) is 0 Å². The van der Waals surface area contributed by atoms with Crippen LogP contribution < -0.4 is 15.5 Å². The van der Waals surface area contributed by atoms with Crippen LogP contribution in [-0.4, -0.2) is 51.9 Å². The molecular formula is C21H32N4O. The van der Waals surface area contributed by atoms with Gasteiger partial charge in [-0.3, -0.25) is 4.99 Å². The van der Waals surface area contributed by atoms with Crippen LogP contribution in [0.25, 0.3) is 0 Å². The summed E-state index contributed by atoms with van der Waals surface area (Å²) in [4.78, 5) is 6.88. The molecule has 1 aromatic carbocycles. The lowest BCUT2D eigenvalue weighted by molar-refractivity contribution is 0.153. The van der Waals surface area contributed by atoms with Crippen LogP contribution in [-0.2, 0) is 4.74 Å². The Morgan fingerprint density at radius 3 is 2.88 bits per heavy atom. The van der Waals surface area contributed by atoms with Crippen molar-refractivity contribution in [2.75, 3.05) is 44.8 Å². The van der Waals surface area contributed by atoms with Gasteiger partial charge in [0.05, 0.1) is 13.2 Å². The zero-order valence-electron chi connectivity index (χ0n) is 16.1. The lowest BCUT2D eigenvalue weighted by atomic mass is 10.0. The number of nitrogens with one attached hydrogen (secondary N) is 2. The average Bonchev–Trinajstić information content (AvgIpc) is 2.69. The molecule has 0 amide bonds. The van der Waals surface area contributed by atoms with E-state index in [2.05, 4.69) is 57.8 Å². The van der Waals surface area contributed by atoms with Crippen molar-refractivity contribution in [1.29, 1.82) is 0 Å². The number of nitrogens with zero attached hydrogens (tertiary/aromatic N) is 2. The zero-order valence-corrected chi connectivity index (χ0v) is 16.1. The molecule has 2 heterocycles. The van der Waals surface area contributed by atoms with Gasteiger partial charge < -0.3 is 20.3 Å². The van der Waals surface area contributed by atoms with E-state index in [1.807, 2.05) is 7.05 Å². The van der Waals surface area contributed by atoms with E-state index in [4.69, 9.17) is 4.74 Å². The van der Waals surface area contributed by atoms with Gasteiger partial charge in [0.15, 0.2) is 5.96 Å². The molecule has 1 atom stereocenters. The fraction of sp³-hybridized carbons (Fsp3) is 0.571. The Morgan fingerprint density at radius 2 is 2.15 bits per heavy atom. The average molecular weight is 357 g/mol. The molecule has 5 nitrogen and oxygen atoms in total. The number of hydrogen-bond acceptors (Lipinski definition) is 3. The lowest BCUT2D eigenvalue weighted by Crippen LogP contribution is -2.51. The maximum absolute atomic E-state index is 5.36. The number of piperidine rings is 1. The highest BCUT2D eigenvalue weighted by molar-refractivity contribution is 5.80. The molecule has 0 bridgehead atoms. The molecule has 1 saturated heterocycles. The van der Waals surface area contributed by atoms with Crippen LogP contribution in [0.5, 0.6) is 0 Å². The summed E-state index contributed by atoms with van der Waals surface area (Å²) in [6, 6.07) is 9.27. The van der Waals surface area contributed by atoms with Crippen LogP contribution in [0.15, 0.2) is 40.9 Å². The minimum atomic E-state index is 0.429. The summed E-state index contributed by atoms with van der Waals surface area (Å²) in [5.41, 5.74) is 4.11. The number of ether oxygens (including phenoxy) is 1. The molecule has 1 fully saturated rings. The van der Waals surface area contributed by atoms with Crippen molar-refractivity contribution >= 4 is 11.6 Å². The molecule has 2 N–H and O–H groups in total. The number of aryl methyl sites for hydroxylation is 1. The SMILES string of the molecule is CN=C(NCCC1=CCOCC1)NC1CCCN(c2ccc(C)cc2)C1. The van der Waals surface area contributed by atoms with Gasteiger partial charge in [0.2, 0.25) is 0 Å². The summed E-state index contributed by atoms with van der Waals surface area (Å²) in [7, 11) is 1.85. The molecule has 5 heteroatoms. The van der Waals surface area contributed by atoms with Crippen LogP contribution in [0.2, 0.25) is 0 Å². The van der Waals surface area contributed by atoms with Crippen molar-refractivity contribution in [2.24, 2.45) is 4.99 Å². The predicted molar refractivity (Wildman–Crippen MR) is 109 cm³/mol. The van der Waals surface area contributed by atoms with Gasteiger partial charge in [0, 0.05) is 38.4 Å². The summed E-state index contributed by atoms with van der Waals surface area (Å²) < 4.78 is 5.36. The fourth-order valence-electron chi connectivity index (χ4n) is 3.61. The van der Waals surface area contributed by atoms with Crippen molar-refractivity contribution in [3.05, 3.63) is 41.5 Å². The van der Waals surface area contributed by atoms with Gasteiger partial charge in [-0.2, -0.15) is 0 Å². The Hall–Kier alpha value is -2.01. The van der Waals surface area contributed by atoms with Gasteiger partial charge in [-0.15, -0.1) is 0 Å². The van der Waals surface area contributed by atoms with Gasteiger partial charge in [-0.25, -0.2) is 0 Å². The van der Waals surface area contributed by atoms with Crippen LogP contribution in [0.3, 0.4) is 0 Å². The van der Waals surface area contributed by atoms with Crippen molar-refractivity contribution < 1.29 is 4.74 Å². The standard InChI is InChI=1S/C21H32N4O/c1-17-5-7-20(8-6-17)25-13-3-4-19(16-25)24-21(22-2)23-12-9-18-10-14-26-15-11-18/h5-8,10,19H,3-4,9,11-16H2,1-2H3,(H2,22,23,24). The van der Waals surface area contributed by atoms with E-state index in [0.29, 0.717) is 6.04 Å². The molecule has 0 aromatic heterocycles. The maximum atomic E-state index is 5.36. The number of rotatable bonds is 5. The number of guanidine groups is 1. The van der Waals surface area contributed by atoms with E-state index in [-0.39, 0.29) is 0 Å². The van der Waals surface area contributed by atoms with Gasteiger partial charge in [-0.1, -0.05) is 29.3 Å². The Balaban J connectivity index is 1.46. The normalized spacial score (nSPS) is 21.3. The molecule has 2 aliphatic rings. The third-order valence-corrected chi connectivity index (χ3v) is 5.18. The van der Waals surface area contributed by atoms with Gasteiger partial charge in [0.25, 0.3) is 0 Å². The van der Waals surface area contributed by atoms with E-state index in [9.17, 15) is 0 Å². The molecular weight excluding hydrogens is 324 g/mol. The van der Waals surface area contributed by atoms with Crippen molar-refractivity contribution in [3.63, 3.8) is 0 Å². The Bertz CT molecular complexity index is 623. The van der Waals surface area contributed by atoms with Gasteiger partial charge >= 0.3 is 0 Å². The Morgan fingerprint density at radius 1 is 1.31 bits per heavy atom. The molecule has 0 saturated carbocycles. The zero-order chi connectivity index (χ0) is 18.2. The first kappa shape index (κ1) is 18.8. The number of aliphatic imine (C=N–C) groups is 1. The van der Waals surface area contributed by atoms with E-state index < -0.39 is 0 Å². The first-order chi connectivity index (χ1) is 12.7. The molecule has 0 radical (unpaired) electrons. The van der Waals surface area contributed by atoms with E-state index >= 15 is 0 Å². The summed E-state index contributed by atoms with van der Waals surface area (Å²) >= 11 is 0. The Kier molecular flexibility index (Phi) is 6.95. The lowest BCUT2D eigenvalue weighted by Gasteiger charge is -2.35. The second-order valence-electron chi connectivity index (χ2n) is 7.20. The van der Waals surface area contributed by atoms with Gasteiger partial charge in [0.1, 0.15) is 0 Å². The quantitative estimate of drug-likeness (QED) is 0.484. The highest BCUT2D eigenvalue weighted by Crippen LogP contribution is 2.20. The highest BCUT2D eigenvalue weighted by Gasteiger charge is 2.21. The van der Waals surface area contributed by atoms with E-state index in [1.54, 1.807) is 0 Å². The molecule has 0 aliphatic carbocycles. The molecule has 142 valence electrons. The monoisotopic (exact) mass is 356 g/mol. The topological polar surface area (TPSA) is 48.9 Å². The predicted octanol–water partition coefficient (Wildman–Crippen LogP) is 2.87. The largest absolute Gasteiger partial charge is 0.377 e. The minimum absolute atomic E-state index is 0.429. The van der Waals surface area contributed by atoms with Crippen molar-refractivity contribution in [1.82, 2.24) is 10.6 Å². The summed E-state index contributed by atoms with van der Waals surface area (Å²) in [6.45, 7) is 6.82. The third-order valence-electron chi connectivity index (χ3n) is 5.18. The number of hydrogen-bond donors (Lipinski definition) is 2. The van der Waals surface area contributed by atoms with Crippen LogP contribution in [0.1, 0.15) is 31.2 Å². The van der Waals surface area contributed by atoms with Crippen LogP contribution in [0.4, 0.5) is 5.69 Å². The van der Waals surface area contributed by atoms with E-state index in [1.165, 1.54) is 29.7 Å². The van der Waals surface area contributed by atoms with Crippen LogP contribution >= 0.6 is 0 Å². The first-order valence-corrected chi connectivity index (χ1v) is 9.79. The van der Waals surface area contributed by atoms with Crippen molar-refractivity contribution in [2.45, 2.75) is 38.6 Å². The summed E-state index contributed by atoms with van der Waals surface area (Å²) in [5.74, 6) is 0.911. The molecule has 3 rings (SSSR count). The molecule has 26 heavy (non-hydrogen) atoms. The van der Waals surface area contributed by atoms with E-state index in [0.717, 1.165) is 51.6 Å². The molecule has 0 spiro atoms. The second kappa shape index (κ2) is 9.62. The fourth-order valence-corrected chi connectivity index (χ4v) is 3.61. The smallest absolute Gasteiger partial charge is 0.191 e. The third kappa shape index (κ3) is 5.49. The minimum Gasteiger partial charge on any atom is -0.377 e. The summed E-state index contributed by atoms with van der Waals surface area (Å²) in [6.07, 6.45) is 6.72. The van der Waals surface area contributed by atoms with Gasteiger partial charge in [-0.05, 0) is 44.7 Å². The first-order valence-electron chi connectivity index (χ1n) is 9.79. The number of anilines is 1.